The molecular formula is C17H22O2. The molecule has 1 aromatic carbocycles. The van der Waals surface area contributed by atoms with Crippen molar-refractivity contribution in [3.8, 4) is 5.75 Å². The second-order valence-corrected chi connectivity index (χ2v) is 5.98. The number of Topliss-reactive ketones (excluding diaryl/α,β-unsaturated/α-hetero) is 1. The lowest BCUT2D eigenvalue weighted by Gasteiger charge is -2.20. The standard InChI is InChI=1S/C17H22O2/c18-17(11-13-5-2-1-3-6-13)14-7-4-8-16(12-14)19-15-9-10-15/h4,7-8,12-13,15H,1-3,5-6,9-11H2. The zero-order chi connectivity index (χ0) is 13.1. The van der Waals surface area contributed by atoms with E-state index in [1.165, 1.54) is 32.1 Å². The van der Waals surface area contributed by atoms with Gasteiger partial charge in [0.2, 0.25) is 0 Å². The average Bonchev–Trinajstić information content (AvgIpc) is 3.24. The van der Waals surface area contributed by atoms with Crippen LogP contribution in [0.3, 0.4) is 0 Å². The summed E-state index contributed by atoms with van der Waals surface area (Å²) < 4.78 is 5.75. The predicted molar refractivity (Wildman–Crippen MR) is 75.6 cm³/mol. The summed E-state index contributed by atoms with van der Waals surface area (Å²) in [5.74, 6) is 1.75. The van der Waals surface area contributed by atoms with Crippen LogP contribution in [0.1, 0.15) is 61.7 Å². The Kier molecular flexibility index (Phi) is 3.86. The van der Waals surface area contributed by atoms with Gasteiger partial charge >= 0.3 is 0 Å². The largest absolute Gasteiger partial charge is 0.490 e. The molecule has 0 aromatic heterocycles. The Morgan fingerprint density at radius 1 is 1.11 bits per heavy atom. The lowest BCUT2D eigenvalue weighted by Crippen LogP contribution is -2.12. The molecule has 2 nitrogen and oxygen atoms in total. The van der Waals surface area contributed by atoms with Crippen LogP contribution in [0.4, 0.5) is 0 Å². The normalized spacial score (nSPS) is 20.2. The third-order valence-electron chi connectivity index (χ3n) is 4.18. The molecule has 19 heavy (non-hydrogen) atoms. The molecule has 1 aromatic rings. The summed E-state index contributed by atoms with van der Waals surface area (Å²) in [5, 5.41) is 0. The SMILES string of the molecule is O=C(CC1CCCCC1)c1cccc(OC2CC2)c1. The number of benzene rings is 1. The molecular weight excluding hydrogens is 236 g/mol. The van der Waals surface area contributed by atoms with E-state index in [9.17, 15) is 4.79 Å². The van der Waals surface area contributed by atoms with E-state index in [2.05, 4.69) is 0 Å². The predicted octanol–water partition coefficient (Wildman–Crippen LogP) is 4.38. The molecule has 0 amide bonds. The lowest BCUT2D eigenvalue weighted by atomic mass is 9.85. The molecule has 0 bridgehead atoms. The summed E-state index contributed by atoms with van der Waals surface area (Å²) >= 11 is 0. The van der Waals surface area contributed by atoms with Crippen molar-refractivity contribution >= 4 is 5.78 Å². The fourth-order valence-electron chi connectivity index (χ4n) is 2.89. The Bertz CT molecular complexity index is 442. The summed E-state index contributed by atoms with van der Waals surface area (Å²) in [4.78, 5) is 12.3. The summed E-state index contributed by atoms with van der Waals surface area (Å²) in [7, 11) is 0. The molecule has 2 heteroatoms. The highest BCUT2D eigenvalue weighted by molar-refractivity contribution is 5.96. The van der Waals surface area contributed by atoms with E-state index < -0.39 is 0 Å². The minimum absolute atomic E-state index is 0.285. The number of carbonyl (C=O) groups excluding carboxylic acids is 1. The Hall–Kier alpha value is -1.31. The number of hydrogen-bond acceptors (Lipinski definition) is 2. The fraction of sp³-hybridized carbons (Fsp3) is 0.588. The molecule has 0 aliphatic heterocycles. The van der Waals surface area contributed by atoms with Crippen LogP contribution in [0.25, 0.3) is 0 Å². The van der Waals surface area contributed by atoms with Gasteiger partial charge in [-0.1, -0.05) is 44.2 Å². The molecule has 0 heterocycles. The smallest absolute Gasteiger partial charge is 0.163 e. The first kappa shape index (κ1) is 12.7. The average molecular weight is 258 g/mol. The number of ether oxygens (including phenoxy) is 1. The molecule has 0 N–H and O–H groups in total. The van der Waals surface area contributed by atoms with Crippen molar-refractivity contribution in [3.05, 3.63) is 29.8 Å². The van der Waals surface area contributed by atoms with Crippen LogP contribution in [0.5, 0.6) is 5.75 Å². The third-order valence-corrected chi connectivity index (χ3v) is 4.18. The van der Waals surface area contributed by atoms with Crippen LogP contribution in [0.15, 0.2) is 24.3 Å². The van der Waals surface area contributed by atoms with Gasteiger partial charge in [-0.25, -0.2) is 0 Å². The first-order valence-corrected chi connectivity index (χ1v) is 7.61. The zero-order valence-electron chi connectivity index (χ0n) is 11.4. The van der Waals surface area contributed by atoms with Crippen molar-refractivity contribution < 1.29 is 9.53 Å². The van der Waals surface area contributed by atoms with Crippen molar-refractivity contribution in [3.63, 3.8) is 0 Å². The third kappa shape index (κ3) is 3.59. The van der Waals surface area contributed by atoms with Gasteiger partial charge in [-0.2, -0.15) is 0 Å². The highest BCUT2D eigenvalue weighted by atomic mass is 16.5. The molecule has 2 fully saturated rings. The van der Waals surface area contributed by atoms with Crippen LogP contribution in [-0.2, 0) is 0 Å². The first-order chi connectivity index (χ1) is 9.31. The van der Waals surface area contributed by atoms with Crippen LogP contribution in [-0.4, -0.2) is 11.9 Å². The fourth-order valence-corrected chi connectivity index (χ4v) is 2.89. The van der Waals surface area contributed by atoms with Gasteiger partial charge in [-0.05, 0) is 30.9 Å². The molecule has 0 spiro atoms. The maximum Gasteiger partial charge on any atom is 0.163 e. The van der Waals surface area contributed by atoms with Crippen molar-refractivity contribution in [2.24, 2.45) is 5.92 Å². The summed E-state index contributed by atoms with van der Waals surface area (Å²) in [5.41, 5.74) is 0.823. The van der Waals surface area contributed by atoms with Crippen LogP contribution < -0.4 is 4.74 Å². The van der Waals surface area contributed by atoms with Gasteiger partial charge in [-0.3, -0.25) is 4.79 Å². The van der Waals surface area contributed by atoms with Crippen molar-refractivity contribution in [1.29, 1.82) is 0 Å². The van der Waals surface area contributed by atoms with E-state index in [1.54, 1.807) is 0 Å². The highest BCUT2D eigenvalue weighted by Crippen LogP contribution is 2.29. The molecule has 0 unspecified atom stereocenters. The van der Waals surface area contributed by atoms with Crippen LogP contribution in [0, 0.1) is 5.92 Å². The first-order valence-electron chi connectivity index (χ1n) is 7.61. The molecule has 2 aliphatic carbocycles. The Morgan fingerprint density at radius 2 is 1.89 bits per heavy atom. The number of rotatable bonds is 5. The Morgan fingerprint density at radius 3 is 2.63 bits per heavy atom. The van der Waals surface area contributed by atoms with Gasteiger partial charge in [0.25, 0.3) is 0 Å². The van der Waals surface area contributed by atoms with Gasteiger partial charge in [-0.15, -0.1) is 0 Å². The molecule has 3 rings (SSSR count). The van der Waals surface area contributed by atoms with Gasteiger partial charge < -0.3 is 4.74 Å². The molecule has 2 saturated carbocycles. The maximum atomic E-state index is 12.3. The number of carbonyl (C=O) groups is 1. The Labute approximate surface area is 115 Å². The van der Waals surface area contributed by atoms with E-state index in [0.717, 1.165) is 24.2 Å². The summed E-state index contributed by atoms with van der Waals surface area (Å²) in [6, 6.07) is 7.73. The van der Waals surface area contributed by atoms with Gasteiger partial charge in [0.05, 0.1) is 6.10 Å². The van der Waals surface area contributed by atoms with E-state index >= 15 is 0 Å². The summed E-state index contributed by atoms with van der Waals surface area (Å²) in [6.45, 7) is 0. The summed E-state index contributed by atoms with van der Waals surface area (Å²) in [6.07, 6.45) is 9.80. The second-order valence-electron chi connectivity index (χ2n) is 5.98. The number of hydrogen-bond donors (Lipinski definition) is 0. The minimum Gasteiger partial charge on any atom is -0.490 e. The van der Waals surface area contributed by atoms with Gasteiger partial charge in [0.1, 0.15) is 5.75 Å². The van der Waals surface area contributed by atoms with E-state index in [0.29, 0.717) is 18.4 Å². The van der Waals surface area contributed by atoms with Crippen molar-refractivity contribution in [2.75, 3.05) is 0 Å². The van der Waals surface area contributed by atoms with E-state index in [-0.39, 0.29) is 5.78 Å². The molecule has 0 atom stereocenters. The van der Waals surface area contributed by atoms with Gasteiger partial charge in [0, 0.05) is 12.0 Å². The molecule has 102 valence electrons. The Balaban J connectivity index is 1.61. The maximum absolute atomic E-state index is 12.3. The molecule has 0 radical (unpaired) electrons. The highest BCUT2D eigenvalue weighted by Gasteiger charge is 2.24. The van der Waals surface area contributed by atoms with Crippen molar-refractivity contribution in [1.82, 2.24) is 0 Å². The quantitative estimate of drug-likeness (QED) is 0.732. The molecule has 0 saturated heterocycles. The zero-order valence-corrected chi connectivity index (χ0v) is 11.4. The van der Waals surface area contributed by atoms with Gasteiger partial charge in [0.15, 0.2) is 5.78 Å². The second kappa shape index (κ2) is 5.77. The van der Waals surface area contributed by atoms with Crippen LogP contribution in [0.2, 0.25) is 0 Å². The number of ketones is 1. The molecule has 2 aliphatic rings. The minimum atomic E-state index is 0.285. The lowest BCUT2D eigenvalue weighted by molar-refractivity contribution is 0.0949. The topological polar surface area (TPSA) is 26.3 Å². The monoisotopic (exact) mass is 258 g/mol. The van der Waals surface area contributed by atoms with E-state index in [4.69, 9.17) is 4.74 Å². The van der Waals surface area contributed by atoms with Crippen molar-refractivity contribution in [2.45, 2.75) is 57.5 Å². The van der Waals surface area contributed by atoms with E-state index in [1.807, 2.05) is 24.3 Å². The van der Waals surface area contributed by atoms with Crippen LogP contribution >= 0.6 is 0 Å².